The summed E-state index contributed by atoms with van der Waals surface area (Å²) in [6.07, 6.45) is -8.40. The number of alkyl halides is 6. The maximum atomic E-state index is 14.3. The van der Waals surface area contributed by atoms with Crippen molar-refractivity contribution in [1.82, 2.24) is 24.4 Å². The minimum Gasteiger partial charge on any atom is -0.497 e. The first-order valence-electron chi connectivity index (χ1n) is 13.4. The molecule has 0 aliphatic rings. The largest absolute Gasteiger partial charge is 0.497 e. The van der Waals surface area contributed by atoms with Gasteiger partial charge in [-0.2, -0.15) is 31.4 Å². The molecule has 0 radical (unpaired) electrons. The summed E-state index contributed by atoms with van der Waals surface area (Å²) in [4.78, 5) is 20.6. The van der Waals surface area contributed by atoms with Gasteiger partial charge in [0.2, 0.25) is 0 Å². The number of methoxy groups -OCH3 is 1. The normalized spacial score (nSPS) is 13.1. The molecule has 0 spiro atoms. The number of aromatic nitrogens is 3. The van der Waals surface area contributed by atoms with Gasteiger partial charge in [0.1, 0.15) is 17.4 Å². The molecule has 1 amide bonds. The van der Waals surface area contributed by atoms with Crippen molar-refractivity contribution in [2.24, 2.45) is 0 Å². The standard InChI is InChI=1S/C30H31F6N5O2/c1-18(2)40(16-15-39(4)26(30(34,35)36)21-9-7-6-8-10-21)28(42)23-17-37-41-25(29(31,32)33)19(3)24(38-27(23)41)20-11-13-22(43-5)14-12-20/h6-14,17-18,26H,15-16H2,1-5H3/t26-/m0/s1. The molecule has 43 heavy (non-hydrogen) atoms. The van der Waals surface area contributed by atoms with E-state index in [9.17, 15) is 31.1 Å². The van der Waals surface area contributed by atoms with Gasteiger partial charge in [0.15, 0.2) is 11.3 Å². The minimum absolute atomic E-state index is 0.00346. The predicted molar refractivity (Wildman–Crippen MR) is 149 cm³/mol. The summed E-state index contributed by atoms with van der Waals surface area (Å²) in [5, 5.41) is 3.87. The predicted octanol–water partition coefficient (Wildman–Crippen LogP) is 6.82. The third-order valence-corrected chi connectivity index (χ3v) is 7.19. The molecule has 0 saturated heterocycles. The molecule has 1 atom stereocenters. The number of amides is 1. The minimum atomic E-state index is -4.83. The number of likely N-dealkylation sites (N-methyl/N-ethyl adjacent to an activating group) is 1. The van der Waals surface area contributed by atoms with Crippen molar-refractivity contribution in [2.75, 3.05) is 27.2 Å². The third-order valence-electron chi connectivity index (χ3n) is 7.19. The van der Waals surface area contributed by atoms with E-state index in [0.717, 1.165) is 11.1 Å². The Bertz CT molecular complexity index is 1570. The topological polar surface area (TPSA) is 63.0 Å². The van der Waals surface area contributed by atoms with Gasteiger partial charge in [-0.05, 0) is 57.6 Å². The Morgan fingerprint density at radius 1 is 0.977 bits per heavy atom. The first-order chi connectivity index (χ1) is 20.1. The zero-order valence-corrected chi connectivity index (χ0v) is 24.2. The van der Waals surface area contributed by atoms with Gasteiger partial charge in [-0.3, -0.25) is 9.69 Å². The van der Waals surface area contributed by atoms with Gasteiger partial charge < -0.3 is 9.64 Å². The molecule has 0 N–H and O–H groups in total. The smallest absolute Gasteiger partial charge is 0.433 e. The van der Waals surface area contributed by atoms with Crippen LogP contribution in [0.2, 0.25) is 0 Å². The lowest BCUT2D eigenvalue weighted by Crippen LogP contribution is -2.44. The van der Waals surface area contributed by atoms with Crippen LogP contribution in [-0.2, 0) is 6.18 Å². The fourth-order valence-electron chi connectivity index (χ4n) is 5.06. The van der Waals surface area contributed by atoms with Crippen LogP contribution in [0.3, 0.4) is 0 Å². The van der Waals surface area contributed by atoms with Crippen LogP contribution >= 0.6 is 0 Å². The Kier molecular flexibility index (Phi) is 9.05. The molecular formula is C30H31F6N5O2. The summed E-state index contributed by atoms with van der Waals surface area (Å²) in [6.45, 7) is 4.32. The van der Waals surface area contributed by atoms with Gasteiger partial charge >= 0.3 is 12.4 Å². The van der Waals surface area contributed by atoms with E-state index in [1.807, 2.05) is 0 Å². The molecular weight excluding hydrogens is 576 g/mol. The molecule has 2 aromatic heterocycles. The van der Waals surface area contributed by atoms with E-state index < -0.39 is 36.0 Å². The van der Waals surface area contributed by atoms with Crippen molar-refractivity contribution in [1.29, 1.82) is 0 Å². The van der Waals surface area contributed by atoms with E-state index in [1.165, 1.54) is 50.2 Å². The summed E-state index contributed by atoms with van der Waals surface area (Å²) >= 11 is 0. The fourth-order valence-corrected chi connectivity index (χ4v) is 5.06. The van der Waals surface area contributed by atoms with Gasteiger partial charge in [-0.1, -0.05) is 30.3 Å². The molecule has 0 bridgehead atoms. The molecule has 13 heteroatoms. The molecule has 4 aromatic rings. The van der Waals surface area contributed by atoms with Crippen molar-refractivity contribution in [3.8, 4) is 17.0 Å². The van der Waals surface area contributed by atoms with Crippen LogP contribution in [0.4, 0.5) is 26.3 Å². The molecule has 0 fully saturated rings. The van der Waals surface area contributed by atoms with Crippen LogP contribution in [0.5, 0.6) is 5.75 Å². The highest BCUT2D eigenvalue weighted by molar-refractivity contribution is 6.00. The van der Waals surface area contributed by atoms with E-state index in [1.54, 1.807) is 44.2 Å². The lowest BCUT2D eigenvalue weighted by atomic mass is 10.0. The lowest BCUT2D eigenvalue weighted by molar-refractivity contribution is -0.183. The molecule has 4 rings (SSSR count). The number of hydrogen-bond donors (Lipinski definition) is 0. The summed E-state index contributed by atoms with van der Waals surface area (Å²) < 4.78 is 90.8. The maximum Gasteiger partial charge on any atom is 0.433 e. The van der Waals surface area contributed by atoms with E-state index in [-0.39, 0.29) is 41.1 Å². The van der Waals surface area contributed by atoms with Gasteiger partial charge in [0, 0.05) is 30.3 Å². The first kappa shape index (κ1) is 31.8. The number of carbonyl (C=O) groups excluding carboxylic acids is 1. The number of halogens is 6. The number of hydrogen-bond acceptors (Lipinski definition) is 5. The number of rotatable bonds is 9. The van der Waals surface area contributed by atoms with Crippen molar-refractivity contribution in [3.63, 3.8) is 0 Å². The number of carbonyl (C=O) groups is 1. The Balaban J connectivity index is 1.72. The van der Waals surface area contributed by atoms with Crippen LogP contribution < -0.4 is 4.74 Å². The second-order valence-electron chi connectivity index (χ2n) is 10.4. The molecule has 0 saturated carbocycles. The van der Waals surface area contributed by atoms with E-state index >= 15 is 0 Å². The Hall–Kier alpha value is -4.13. The number of ether oxygens (including phenoxy) is 1. The molecule has 2 heterocycles. The average molecular weight is 608 g/mol. The Labute approximate surface area is 244 Å². The van der Waals surface area contributed by atoms with Crippen LogP contribution in [0.15, 0.2) is 60.8 Å². The van der Waals surface area contributed by atoms with Crippen LogP contribution in [0.25, 0.3) is 16.9 Å². The van der Waals surface area contributed by atoms with E-state index in [4.69, 9.17) is 4.74 Å². The van der Waals surface area contributed by atoms with Gasteiger partial charge in [0.25, 0.3) is 5.91 Å². The third kappa shape index (κ3) is 6.61. The molecule has 0 unspecified atom stereocenters. The van der Waals surface area contributed by atoms with E-state index in [0.29, 0.717) is 15.8 Å². The average Bonchev–Trinajstić information content (AvgIpc) is 3.35. The summed E-state index contributed by atoms with van der Waals surface area (Å²) in [5.74, 6) is -0.205. The van der Waals surface area contributed by atoms with E-state index in [2.05, 4.69) is 10.1 Å². The van der Waals surface area contributed by atoms with Crippen LogP contribution in [0.1, 0.15) is 47.1 Å². The zero-order valence-electron chi connectivity index (χ0n) is 24.2. The van der Waals surface area contributed by atoms with Crippen molar-refractivity contribution >= 4 is 11.6 Å². The van der Waals surface area contributed by atoms with Gasteiger partial charge in [0.05, 0.1) is 19.0 Å². The highest BCUT2D eigenvalue weighted by Crippen LogP contribution is 2.38. The maximum absolute atomic E-state index is 14.3. The first-order valence-corrected chi connectivity index (χ1v) is 13.4. The summed E-state index contributed by atoms with van der Waals surface area (Å²) in [7, 11) is 2.77. The Morgan fingerprint density at radius 3 is 2.14 bits per heavy atom. The van der Waals surface area contributed by atoms with Crippen molar-refractivity contribution in [3.05, 3.63) is 83.2 Å². The van der Waals surface area contributed by atoms with Crippen molar-refractivity contribution < 1.29 is 35.9 Å². The highest BCUT2D eigenvalue weighted by atomic mass is 19.4. The molecule has 0 aliphatic heterocycles. The molecule has 2 aromatic carbocycles. The number of nitrogens with zero attached hydrogens (tertiary/aromatic N) is 5. The second-order valence-corrected chi connectivity index (χ2v) is 10.4. The second kappa shape index (κ2) is 12.2. The van der Waals surface area contributed by atoms with Crippen molar-refractivity contribution in [2.45, 2.75) is 45.2 Å². The van der Waals surface area contributed by atoms with Crippen LogP contribution in [-0.4, -0.2) is 69.8 Å². The van der Waals surface area contributed by atoms with Crippen LogP contribution in [0, 0.1) is 6.92 Å². The number of fused-ring (bicyclic) bond motifs is 1. The molecule has 7 nitrogen and oxygen atoms in total. The van der Waals surface area contributed by atoms with Gasteiger partial charge in [-0.15, -0.1) is 0 Å². The number of benzene rings is 2. The summed E-state index contributed by atoms with van der Waals surface area (Å²) in [6, 6.07) is 11.3. The quantitative estimate of drug-likeness (QED) is 0.196. The van der Waals surface area contributed by atoms with Gasteiger partial charge in [-0.25, -0.2) is 9.50 Å². The fraction of sp³-hybridized carbons (Fsp3) is 0.367. The Morgan fingerprint density at radius 2 is 1.60 bits per heavy atom. The SMILES string of the molecule is COc1ccc(-c2nc3c(C(=O)N(CCN(C)[C@@H](c4ccccc4)C(F)(F)F)C(C)C)cnn3c(C(F)(F)F)c2C)cc1. The highest BCUT2D eigenvalue weighted by Gasteiger charge is 2.43. The zero-order chi connectivity index (χ0) is 31.7. The monoisotopic (exact) mass is 607 g/mol. The summed E-state index contributed by atoms with van der Waals surface area (Å²) in [5.41, 5.74) is -1.37. The molecule has 0 aliphatic carbocycles. The molecule has 230 valence electrons. The lowest BCUT2D eigenvalue weighted by Gasteiger charge is -2.33.